The molecule has 4 aromatic rings. The van der Waals surface area contributed by atoms with Crippen molar-refractivity contribution in [3.63, 3.8) is 0 Å². The fraction of sp³-hybridized carbons (Fsp3) is 0.217. The van der Waals surface area contributed by atoms with Crippen molar-refractivity contribution in [2.24, 2.45) is 0 Å². The third-order valence-electron chi connectivity index (χ3n) is 5.26. The van der Waals surface area contributed by atoms with Gasteiger partial charge in [-0.2, -0.15) is 0 Å². The Morgan fingerprint density at radius 1 is 1.00 bits per heavy atom. The van der Waals surface area contributed by atoms with Gasteiger partial charge in [-0.3, -0.25) is 0 Å². The molecule has 30 heavy (non-hydrogen) atoms. The maximum atomic E-state index is 14.4. The maximum absolute atomic E-state index is 14.4. The van der Waals surface area contributed by atoms with E-state index < -0.39 is 5.82 Å². The molecule has 0 aliphatic heterocycles. The van der Waals surface area contributed by atoms with Gasteiger partial charge in [0, 0.05) is 41.4 Å². The van der Waals surface area contributed by atoms with Crippen LogP contribution in [-0.2, 0) is 13.2 Å². The molecule has 0 fully saturated rings. The molecule has 2 heterocycles. The van der Waals surface area contributed by atoms with Crippen LogP contribution in [0.25, 0.3) is 22.2 Å². The van der Waals surface area contributed by atoms with Gasteiger partial charge in [-0.25, -0.2) is 18.7 Å². The number of aryl methyl sites for hydroxylation is 2. The second-order valence-electron chi connectivity index (χ2n) is 7.24. The van der Waals surface area contributed by atoms with Gasteiger partial charge in [0.25, 0.3) is 0 Å². The van der Waals surface area contributed by atoms with Crippen LogP contribution in [-0.4, -0.2) is 26.2 Å². The number of nitrogens with one attached hydrogen (secondary N) is 1. The van der Waals surface area contributed by atoms with E-state index in [0.717, 1.165) is 16.6 Å². The van der Waals surface area contributed by atoms with Gasteiger partial charge in [0.15, 0.2) is 0 Å². The van der Waals surface area contributed by atoms with Gasteiger partial charge in [-0.15, -0.1) is 0 Å². The van der Waals surface area contributed by atoms with Crippen LogP contribution in [0.5, 0.6) is 0 Å². The molecule has 0 spiro atoms. The van der Waals surface area contributed by atoms with Crippen molar-refractivity contribution >= 4 is 16.7 Å². The van der Waals surface area contributed by atoms with Gasteiger partial charge >= 0.3 is 0 Å². The Bertz CT molecular complexity index is 1220. The van der Waals surface area contributed by atoms with Crippen molar-refractivity contribution in [1.82, 2.24) is 14.5 Å². The molecule has 2 N–H and O–H groups in total. The minimum Gasteiger partial charge on any atom is -0.392 e. The Balaban J connectivity index is 1.51. The van der Waals surface area contributed by atoms with Crippen LogP contribution in [0.15, 0.2) is 48.8 Å². The lowest BCUT2D eigenvalue weighted by Gasteiger charge is -2.11. The lowest BCUT2D eigenvalue weighted by Crippen LogP contribution is -2.13. The monoisotopic (exact) mass is 408 g/mol. The number of hydrogen-bond acceptors (Lipinski definition) is 4. The first kappa shape index (κ1) is 20.0. The number of hydrogen-bond donors (Lipinski definition) is 2. The summed E-state index contributed by atoms with van der Waals surface area (Å²) in [6.07, 6.45) is 1.41. The Morgan fingerprint density at radius 3 is 2.60 bits per heavy atom. The van der Waals surface area contributed by atoms with E-state index in [2.05, 4.69) is 15.3 Å². The van der Waals surface area contributed by atoms with Crippen LogP contribution in [0, 0.1) is 25.5 Å². The first-order valence-corrected chi connectivity index (χ1v) is 9.68. The van der Waals surface area contributed by atoms with Gasteiger partial charge < -0.3 is 15.0 Å². The molecule has 0 saturated heterocycles. The number of nitrogens with zero attached hydrogens (tertiary/aromatic N) is 3. The molecule has 5 nitrogen and oxygen atoms in total. The lowest BCUT2D eigenvalue weighted by atomic mass is 10.1. The minimum atomic E-state index is -0.476. The summed E-state index contributed by atoms with van der Waals surface area (Å²) in [4.78, 5) is 8.42. The average Bonchev–Trinajstić information content (AvgIpc) is 3.08. The number of aliphatic hydroxyl groups excluding tert-OH is 1. The molecule has 2 aromatic heterocycles. The van der Waals surface area contributed by atoms with E-state index in [1.165, 1.54) is 24.5 Å². The number of aromatic nitrogens is 3. The smallest absolute Gasteiger partial charge is 0.147 e. The van der Waals surface area contributed by atoms with Gasteiger partial charge in [-0.05, 0) is 37.6 Å². The first-order valence-electron chi connectivity index (χ1n) is 9.68. The highest BCUT2D eigenvalue weighted by Gasteiger charge is 2.12. The highest BCUT2D eigenvalue weighted by atomic mass is 19.1. The standard InChI is InChI=1S/C23H22F2N4O/c1-14-3-6-19(24)23-18(14)9-15(2)29(23)8-7-26-22-11-21(27-13-28-22)16-4-5-17(12-30)20(25)10-16/h3-6,9-11,13,30H,7-8,12H2,1-2H3,(H,26,27,28). The highest BCUT2D eigenvalue weighted by Crippen LogP contribution is 2.26. The molecule has 0 radical (unpaired) electrons. The van der Waals surface area contributed by atoms with E-state index >= 15 is 0 Å². The zero-order valence-corrected chi connectivity index (χ0v) is 16.8. The van der Waals surface area contributed by atoms with Crippen LogP contribution in [0.1, 0.15) is 16.8 Å². The van der Waals surface area contributed by atoms with E-state index in [1.807, 2.05) is 24.5 Å². The van der Waals surface area contributed by atoms with Crippen molar-refractivity contribution in [2.45, 2.75) is 27.0 Å². The number of rotatable bonds is 6. The Morgan fingerprint density at radius 2 is 1.83 bits per heavy atom. The van der Waals surface area contributed by atoms with E-state index in [0.29, 0.717) is 35.7 Å². The van der Waals surface area contributed by atoms with Crippen LogP contribution in [0.4, 0.5) is 14.6 Å². The zero-order chi connectivity index (χ0) is 21.3. The topological polar surface area (TPSA) is 63.0 Å². The maximum Gasteiger partial charge on any atom is 0.147 e. The molecule has 0 aliphatic rings. The van der Waals surface area contributed by atoms with Crippen molar-refractivity contribution < 1.29 is 13.9 Å². The van der Waals surface area contributed by atoms with E-state index in [9.17, 15) is 8.78 Å². The van der Waals surface area contributed by atoms with Crippen LogP contribution >= 0.6 is 0 Å². The fourth-order valence-electron chi connectivity index (χ4n) is 3.63. The highest BCUT2D eigenvalue weighted by molar-refractivity contribution is 5.85. The van der Waals surface area contributed by atoms with Gasteiger partial charge in [0.2, 0.25) is 0 Å². The largest absolute Gasteiger partial charge is 0.392 e. The van der Waals surface area contributed by atoms with Crippen molar-refractivity contribution in [2.75, 3.05) is 11.9 Å². The molecule has 0 amide bonds. The summed E-state index contributed by atoms with van der Waals surface area (Å²) in [5.41, 5.74) is 4.05. The summed E-state index contributed by atoms with van der Waals surface area (Å²) in [6.45, 7) is 4.69. The summed E-state index contributed by atoms with van der Waals surface area (Å²) in [5, 5.41) is 13.3. The first-order chi connectivity index (χ1) is 14.5. The lowest BCUT2D eigenvalue weighted by molar-refractivity contribution is 0.276. The number of halogens is 2. The second-order valence-corrected chi connectivity index (χ2v) is 7.24. The molecular weight excluding hydrogens is 386 g/mol. The van der Waals surface area contributed by atoms with E-state index in [4.69, 9.17) is 5.11 Å². The summed E-state index contributed by atoms with van der Waals surface area (Å²) in [7, 11) is 0. The fourth-order valence-corrected chi connectivity index (χ4v) is 3.63. The number of aliphatic hydroxyl groups is 1. The quantitative estimate of drug-likeness (QED) is 0.490. The molecular formula is C23H22F2N4O. The number of benzene rings is 2. The Labute approximate surface area is 173 Å². The molecule has 4 rings (SSSR count). The van der Waals surface area contributed by atoms with Crippen LogP contribution in [0.3, 0.4) is 0 Å². The Hall–Kier alpha value is -3.32. The van der Waals surface area contributed by atoms with Crippen LogP contribution < -0.4 is 5.32 Å². The predicted molar refractivity (Wildman–Crippen MR) is 113 cm³/mol. The Kier molecular flexibility index (Phi) is 5.46. The van der Waals surface area contributed by atoms with Crippen LogP contribution in [0.2, 0.25) is 0 Å². The molecule has 0 unspecified atom stereocenters. The van der Waals surface area contributed by atoms with Crippen molar-refractivity contribution in [3.05, 3.63) is 77.2 Å². The summed E-state index contributed by atoms with van der Waals surface area (Å²) < 4.78 is 30.3. The minimum absolute atomic E-state index is 0.235. The molecule has 0 atom stereocenters. The number of anilines is 1. The van der Waals surface area contributed by atoms with Crippen molar-refractivity contribution in [1.29, 1.82) is 0 Å². The molecule has 0 saturated carbocycles. The van der Waals surface area contributed by atoms with Gasteiger partial charge in [0.1, 0.15) is 23.8 Å². The number of fused-ring (bicyclic) bond motifs is 1. The molecule has 0 bridgehead atoms. The normalized spacial score (nSPS) is 11.2. The second kappa shape index (κ2) is 8.20. The summed E-state index contributed by atoms with van der Waals surface area (Å²) in [6, 6.07) is 11.6. The third-order valence-corrected chi connectivity index (χ3v) is 5.26. The average molecular weight is 408 g/mol. The SMILES string of the molecule is Cc1ccc(F)c2c1cc(C)n2CCNc1cc(-c2ccc(CO)c(F)c2)ncn1. The molecule has 154 valence electrons. The van der Waals surface area contributed by atoms with Crippen molar-refractivity contribution in [3.8, 4) is 11.3 Å². The van der Waals surface area contributed by atoms with Gasteiger partial charge in [-0.1, -0.05) is 18.2 Å². The molecule has 0 aliphatic carbocycles. The summed E-state index contributed by atoms with van der Waals surface area (Å²) in [5.74, 6) is -0.116. The molecule has 7 heteroatoms. The van der Waals surface area contributed by atoms with E-state index in [-0.39, 0.29) is 18.0 Å². The zero-order valence-electron chi connectivity index (χ0n) is 16.8. The summed E-state index contributed by atoms with van der Waals surface area (Å²) >= 11 is 0. The molecule has 2 aromatic carbocycles. The third kappa shape index (κ3) is 3.76. The van der Waals surface area contributed by atoms with E-state index in [1.54, 1.807) is 18.2 Å². The predicted octanol–water partition coefficient (Wildman–Crippen LogP) is 4.60. The van der Waals surface area contributed by atoms with Gasteiger partial charge in [0.05, 0.1) is 17.8 Å².